The molecule has 2 unspecified atom stereocenters. The van der Waals surface area contributed by atoms with E-state index in [1.54, 1.807) is 13.2 Å². The molecule has 0 spiro atoms. The Kier molecular flexibility index (Phi) is 4.70. The largest absolute Gasteiger partial charge is 0.479 e. The average molecular weight is 279 g/mol. The molecule has 20 heavy (non-hydrogen) atoms. The maximum Gasteiger partial charge on any atom is 0.332 e. The van der Waals surface area contributed by atoms with Crippen molar-refractivity contribution in [3.63, 3.8) is 0 Å². The number of amides is 1. The number of ether oxygens (including phenoxy) is 2. The highest BCUT2D eigenvalue weighted by Crippen LogP contribution is 2.21. The lowest BCUT2D eigenvalue weighted by Gasteiger charge is -2.12. The van der Waals surface area contributed by atoms with Gasteiger partial charge < -0.3 is 19.9 Å². The number of methoxy groups -OCH3 is 1. The summed E-state index contributed by atoms with van der Waals surface area (Å²) in [4.78, 5) is 22.8. The number of rotatable bonds is 5. The monoisotopic (exact) mass is 279 g/mol. The molecule has 0 radical (unpaired) electrons. The molecular formula is C14H17NO5. The van der Waals surface area contributed by atoms with E-state index in [1.807, 2.05) is 18.2 Å². The van der Waals surface area contributed by atoms with Gasteiger partial charge in [-0.05, 0) is 30.5 Å². The third-order valence-electron chi connectivity index (χ3n) is 3.09. The van der Waals surface area contributed by atoms with E-state index < -0.39 is 18.2 Å². The van der Waals surface area contributed by atoms with Crippen molar-refractivity contribution in [3.8, 4) is 0 Å². The Bertz CT molecular complexity index is 502. The predicted molar refractivity (Wildman–Crippen MR) is 71.3 cm³/mol. The number of nitrogens with one attached hydrogen (secondary N) is 1. The Hall–Kier alpha value is -1.92. The number of benzene rings is 1. The zero-order valence-corrected chi connectivity index (χ0v) is 11.2. The lowest BCUT2D eigenvalue weighted by molar-refractivity contribution is -0.150. The van der Waals surface area contributed by atoms with E-state index in [-0.39, 0.29) is 5.91 Å². The lowest BCUT2D eigenvalue weighted by atomic mass is 10.1. The van der Waals surface area contributed by atoms with E-state index in [9.17, 15) is 9.59 Å². The Morgan fingerprint density at radius 2 is 2.15 bits per heavy atom. The quantitative estimate of drug-likeness (QED) is 0.851. The molecule has 0 saturated carbocycles. The van der Waals surface area contributed by atoms with Gasteiger partial charge in [-0.1, -0.05) is 12.1 Å². The van der Waals surface area contributed by atoms with Crippen LogP contribution in [0.25, 0.3) is 0 Å². The van der Waals surface area contributed by atoms with Crippen LogP contribution in [0.2, 0.25) is 0 Å². The van der Waals surface area contributed by atoms with Crippen molar-refractivity contribution < 1.29 is 24.2 Å². The van der Waals surface area contributed by atoms with E-state index in [4.69, 9.17) is 14.6 Å². The topological polar surface area (TPSA) is 84.9 Å². The van der Waals surface area contributed by atoms with Gasteiger partial charge in [0.15, 0.2) is 6.10 Å². The highest BCUT2D eigenvalue weighted by atomic mass is 16.5. The Morgan fingerprint density at radius 1 is 1.40 bits per heavy atom. The number of carboxylic acids is 1. The van der Waals surface area contributed by atoms with Gasteiger partial charge in [-0.15, -0.1) is 0 Å². The standard InChI is InChI=1S/C14H17NO5/c1-19-8-9-3-2-4-10(7-9)15-13(16)11-5-6-12(20-11)14(17)18/h2-4,7,11-12H,5-6,8H2,1H3,(H,15,16)(H,17,18). The summed E-state index contributed by atoms with van der Waals surface area (Å²) in [6, 6.07) is 7.29. The van der Waals surface area contributed by atoms with E-state index in [1.165, 1.54) is 0 Å². The van der Waals surface area contributed by atoms with Crippen LogP contribution in [-0.2, 0) is 25.7 Å². The molecule has 2 atom stereocenters. The minimum atomic E-state index is -1.03. The fraction of sp³-hybridized carbons (Fsp3) is 0.429. The van der Waals surface area contributed by atoms with Gasteiger partial charge in [0, 0.05) is 12.8 Å². The second kappa shape index (κ2) is 6.49. The van der Waals surface area contributed by atoms with Crippen LogP contribution in [0.3, 0.4) is 0 Å². The van der Waals surface area contributed by atoms with Crippen LogP contribution in [0.15, 0.2) is 24.3 Å². The van der Waals surface area contributed by atoms with Crippen LogP contribution < -0.4 is 5.32 Å². The number of hydrogen-bond donors (Lipinski definition) is 2. The summed E-state index contributed by atoms with van der Waals surface area (Å²) in [6.45, 7) is 0.463. The third-order valence-corrected chi connectivity index (χ3v) is 3.09. The first-order chi connectivity index (χ1) is 9.60. The molecule has 1 aromatic rings. The molecule has 1 aromatic carbocycles. The summed E-state index contributed by atoms with van der Waals surface area (Å²) in [5.41, 5.74) is 1.59. The summed E-state index contributed by atoms with van der Waals surface area (Å²) in [6.07, 6.45) is -0.815. The van der Waals surface area contributed by atoms with Crippen molar-refractivity contribution in [1.82, 2.24) is 0 Å². The first-order valence-electron chi connectivity index (χ1n) is 6.37. The van der Waals surface area contributed by atoms with Gasteiger partial charge >= 0.3 is 5.97 Å². The van der Waals surface area contributed by atoms with Gasteiger partial charge in [0.2, 0.25) is 0 Å². The minimum Gasteiger partial charge on any atom is -0.479 e. The summed E-state index contributed by atoms with van der Waals surface area (Å²) in [5, 5.41) is 11.6. The van der Waals surface area contributed by atoms with E-state index in [2.05, 4.69) is 5.32 Å². The first kappa shape index (κ1) is 14.5. The van der Waals surface area contributed by atoms with Crippen LogP contribution in [-0.4, -0.2) is 36.3 Å². The summed E-state index contributed by atoms with van der Waals surface area (Å²) >= 11 is 0. The highest BCUT2D eigenvalue weighted by molar-refractivity contribution is 5.94. The molecule has 0 aromatic heterocycles. The molecule has 0 bridgehead atoms. The van der Waals surface area contributed by atoms with Crippen molar-refractivity contribution in [2.24, 2.45) is 0 Å². The van der Waals surface area contributed by atoms with Gasteiger partial charge in [0.25, 0.3) is 5.91 Å². The molecule has 2 rings (SSSR count). The Morgan fingerprint density at radius 3 is 2.80 bits per heavy atom. The molecular weight excluding hydrogens is 262 g/mol. The number of carbonyl (C=O) groups is 2. The number of hydrogen-bond acceptors (Lipinski definition) is 4. The second-order valence-electron chi connectivity index (χ2n) is 4.65. The normalized spacial score (nSPS) is 21.6. The predicted octanol–water partition coefficient (Wildman–Crippen LogP) is 1.40. The van der Waals surface area contributed by atoms with Crippen molar-refractivity contribution in [3.05, 3.63) is 29.8 Å². The molecule has 6 heteroatoms. The van der Waals surface area contributed by atoms with Crippen molar-refractivity contribution in [1.29, 1.82) is 0 Å². The average Bonchev–Trinajstić information content (AvgIpc) is 2.89. The third kappa shape index (κ3) is 3.55. The van der Waals surface area contributed by atoms with Gasteiger partial charge in [-0.3, -0.25) is 4.79 Å². The molecule has 0 aliphatic carbocycles. The summed E-state index contributed by atoms with van der Waals surface area (Å²) in [5.74, 6) is -1.34. The smallest absolute Gasteiger partial charge is 0.332 e. The number of aliphatic carboxylic acids is 1. The number of anilines is 1. The zero-order chi connectivity index (χ0) is 14.5. The SMILES string of the molecule is COCc1cccc(NC(=O)C2CCC(C(=O)O)O2)c1. The van der Waals surface area contributed by atoms with Crippen LogP contribution >= 0.6 is 0 Å². The summed E-state index contributed by atoms with van der Waals surface area (Å²) in [7, 11) is 1.60. The van der Waals surface area contributed by atoms with E-state index in [0.29, 0.717) is 25.1 Å². The maximum absolute atomic E-state index is 12.0. The molecule has 1 aliphatic heterocycles. The Balaban J connectivity index is 1.95. The fourth-order valence-electron chi connectivity index (χ4n) is 2.14. The molecule has 1 fully saturated rings. The highest BCUT2D eigenvalue weighted by Gasteiger charge is 2.34. The van der Waals surface area contributed by atoms with Crippen LogP contribution in [0.4, 0.5) is 5.69 Å². The van der Waals surface area contributed by atoms with Crippen LogP contribution in [0, 0.1) is 0 Å². The second-order valence-corrected chi connectivity index (χ2v) is 4.65. The molecule has 1 saturated heterocycles. The summed E-state index contributed by atoms with van der Waals surface area (Å²) < 4.78 is 10.2. The van der Waals surface area contributed by atoms with Gasteiger partial charge in [-0.2, -0.15) is 0 Å². The van der Waals surface area contributed by atoms with Gasteiger partial charge in [0.05, 0.1) is 6.61 Å². The first-order valence-corrected chi connectivity index (χ1v) is 6.37. The van der Waals surface area contributed by atoms with Crippen molar-refractivity contribution >= 4 is 17.6 Å². The number of carboxylic acid groups (broad SMARTS) is 1. The van der Waals surface area contributed by atoms with E-state index >= 15 is 0 Å². The van der Waals surface area contributed by atoms with Gasteiger partial charge in [0.1, 0.15) is 6.10 Å². The van der Waals surface area contributed by atoms with Gasteiger partial charge in [-0.25, -0.2) is 4.79 Å². The number of carbonyl (C=O) groups excluding carboxylic acids is 1. The van der Waals surface area contributed by atoms with Crippen LogP contribution in [0.5, 0.6) is 0 Å². The fourth-order valence-corrected chi connectivity index (χ4v) is 2.14. The lowest BCUT2D eigenvalue weighted by Crippen LogP contribution is -2.29. The zero-order valence-electron chi connectivity index (χ0n) is 11.2. The minimum absolute atomic E-state index is 0.316. The molecule has 1 amide bonds. The molecule has 108 valence electrons. The van der Waals surface area contributed by atoms with E-state index in [0.717, 1.165) is 5.56 Å². The maximum atomic E-state index is 12.0. The van der Waals surface area contributed by atoms with Crippen LogP contribution in [0.1, 0.15) is 18.4 Å². The van der Waals surface area contributed by atoms with Crippen molar-refractivity contribution in [2.75, 3.05) is 12.4 Å². The Labute approximate surface area is 116 Å². The molecule has 1 aliphatic rings. The molecule has 1 heterocycles. The molecule has 2 N–H and O–H groups in total. The van der Waals surface area contributed by atoms with Crippen molar-refractivity contribution in [2.45, 2.75) is 31.7 Å². The molecule has 6 nitrogen and oxygen atoms in total.